The van der Waals surface area contributed by atoms with Crippen molar-refractivity contribution < 1.29 is 13.2 Å². The van der Waals surface area contributed by atoms with Crippen LogP contribution in [0.4, 0.5) is 13.2 Å². The predicted octanol–water partition coefficient (Wildman–Crippen LogP) is 5.44. The van der Waals surface area contributed by atoms with Crippen molar-refractivity contribution in [3.8, 4) is 0 Å². The van der Waals surface area contributed by atoms with E-state index < -0.39 is 17.9 Å². The summed E-state index contributed by atoms with van der Waals surface area (Å²) in [6, 6.07) is 11.6. The van der Waals surface area contributed by atoms with Crippen LogP contribution in [0.5, 0.6) is 0 Å². The van der Waals surface area contributed by atoms with Gasteiger partial charge in [0.2, 0.25) is 5.11 Å². The molecule has 0 N–H and O–H groups in total. The van der Waals surface area contributed by atoms with Crippen LogP contribution in [0.3, 0.4) is 0 Å². The Hall–Kier alpha value is -2.32. The largest absolute Gasteiger partial charge is 0.416 e. The first-order chi connectivity index (χ1) is 11.8. The topological polar surface area (TPSA) is 40.3 Å². The second-order valence-corrected chi connectivity index (χ2v) is 5.93. The van der Waals surface area contributed by atoms with E-state index in [2.05, 4.69) is 15.3 Å². The lowest BCUT2D eigenvalue weighted by atomic mass is 10.1. The van der Waals surface area contributed by atoms with Crippen LogP contribution in [0.1, 0.15) is 22.9 Å². The van der Waals surface area contributed by atoms with E-state index in [0.29, 0.717) is 10.6 Å². The van der Waals surface area contributed by atoms with Gasteiger partial charge in [-0.2, -0.15) is 23.4 Å². The van der Waals surface area contributed by atoms with E-state index in [1.807, 2.05) is 0 Å². The fourth-order valence-corrected chi connectivity index (χ4v) is 2.47. The van der Waals surface area contributed by atoms with E-state index in [0.717, 1.165) is 17.7 Å². The Labute approximate surface area is 151 Å². The van der Waals surface area contributed by atoms with Gasteiger partial charge in [-0.15, -0.1) is 5.11 Å². The highest BCUT2D eigenvalue weighted by Gasteiger charge is 2.30. The minimum absolute atomic E-state index is 0.170. The Bertz CT molecular complexity index is 832. The summed E-state index contributed by atoms with van der Waals surface area (Å²) in [6.07, 6.45) is -3.49. The molecule has 0 aromatic heterocycles. The molecule has 0 bridgehead atoms. The van der Waals surface area contributed by atoms with E-state index in [9.17, 15) is 13.2 Å². The standard InChI is InChI=1S/C16H10ClF3N4S/c17-13-7-3-11(4-8-13)14-22-23-15(25)24(14)21-9-10-1-5-12(6-2-10)16(18,19)20/h1-9,14H. The smallest absolute Gasteiger partial charge is 0.206 e. The van der Waals surface area contributed by atoms with E-state index in [1.165, 1.54) is 23.4 Å². The van der Waals surface area contributed by atoms with Crippen LogP contribution >= 0.6 is 23.8 Å². The van der Waals surface area contributed by atoms with Crippen LogP contribution in [-0.4, -0.2) is 16.3 Å². The third kappa shape index (κ3) is 4.02. The van der Waals surface area contributed by atoms with Gasteiger partial charge in [-0.1, -0.05) is 35.9 Å². The lowest BCUT2D eigenvalue weighted by Crippen LogP contribution is -2.21. The summed E-state index contributed by atoms with van der Waals surface area (Å²) >= 11 is 11.0. The molecule has 2 aromatic carbocycles. The summed E-state index contributed by atoms with van der Waals surface area (Å²) in [5, 5.41) is 14.3. The van der Waals surface area contributed by atoms with Gasteiger partial charge in [0.1, 0.15) is 0 Å². The molecule has 0 saturated carbocycles. The molecule has 25 heavy (non-hydrogen) atoms. The van der Waals surface area contributed by atoms with Crippen molar-refractivity contribution >= 4 is 35.1 Å². The average molecular weight is 383 g/mol. The molecular weight excluding hydrogens is 373 g/mol. The Kier molecular flexibility index (Phi) is 4.82. The number of hydrogen-bond acceptors (Lipinski definition) is 3. The van der Waals surface area contributed by atoms with Gasteiger partial charge in [0, 0.05) is 10.6 Å². The van der Waals surface area contributed by atoms with Gasteiger partial charge in [-0.3, -0.25) is 0 Å². The normalized spacial score (nSPS) is 17.7. The van der Waals surface area contributed by atoms with Gasteiger partial charge >= 0.3 is 6.18 Å². The SMILES string of the molecule is FC(F)(F)c1ccc(C=NN2C(=S)N=NC2c2ccc(Cl)cc2)cc1. The number of hydrazone groups is 1. The van der Waals surface area contributed by atoms with E-state index in [1.54, 1.807) is 24.3 Å². The third-order valence-corrected chi connectivity index (χ3v) is 3.94. The highest BCUT2D eigenvalue weighted by Crippen LogP contribution is 2.30. The lowest BCUT2D eigenvalue weighted by molar-refractivity contribution is -0.137. The van der Waals surface area contributed by atoms with Gasteiger partial charge in [-0.25, -0.2) is 5.01 Å². The van der Waals surface area contributed by atoms with Gasteiger partial charge in [0.25, 0.3) is 0 Å². The third-order valence-electron chi connectivity index (χ3n) is 3.42. The molecule has 1 unspecified atom stereocenters. The number of hydrogen-bond donors (Lipinski definition) is 0. The number of thiocarbonyl (C=S) groups is 1. The van der Waals surface area contributed by atoms with E-state index in [-0.39, 0.29) is 5.11 Å². The lowest BCUT2D eigenvalue weighted by Gasteiger charge is -2.17. The Balaban J connectivity index is 1.79. The number of rotatable bonds is 3. The molecule has 3 rings (SSSR count). The molecule has 0 spiro atoms. The number of azo groups is 1. The molecule has 4 nitrogen and oxygen atoms in total. The maximum atomic E-state index is 12.6. The monoisotopic (exact) mass is 382 g/mol. The van der Waals surface area contributed by atoms with Gasteiger partial charge in [-0.05, 0) is 42.0 Å². The Morgan fingerprint density at radius 3 is 2.32 bits per heavy atom. The second kappa shape index (κ2) is 6.89. The van der Waals surface area contributed by atoms with Crippen molar-refractivity contribution in [2.75, 3.05) is 0 Å². The average Bonchev–Trinajstić information content (AvgIpc) is 2.94. The van der Waals surface area contributed by atoms with Crippen molar-refractivity contribution in [2.45, 2.75) is 12.3 Å². The molecule has 1 heterocycles. The molecule has 0 saturated heterocycles. The highest BCUT2D eigenvalue weighted by molar-refractivity contribution is 7.80. The fraction of sp³-hybridized carbons (Fsp3) is 0.125. The molecule has 1 aliphatic rings. The summed E-state index contributed by atoms with van der Waals surface area (Å²) in [6.45, 7) is 0. The minimum Gasteiger partial charge on any atom is -0.206 e. The molecule has 0 aliphatic carbocycles. The van der Waals surface area contributed by atoms with Crippen molar-refractivity contribution in [3.63, 3.8) is 0 Å². The number of alkyl halides is 3. The van der Waals surface area contributed by atoms with Crippen molar-refractivity contribution in [1.82, 2.24) is 5.01 Å². The van der Waals surface area contributed by atoms with Crippen molar-refractivity contribution in [2.24, 2.45) is 15.3 Å². The molecular formula is C16H10ClF3N4S. The molecule has 0 fully saturated rings. The summed E-state index contributed by atoms with van der Waals surface area (Å²) in [7, 11) is 0. The Morgan fingerprint density at radius 1 is 1.08 bits per heavy atom. The first-order valence-electron chi connectivity index (χ1n) is 7.05. The molecule has 9 heteroatoms. The van der Waals surface area contributed by atoms with Crippen molar-refractivity contribution in [3.05, 3.63) is 70.2 Å². The molecule has 0 radical (unpaired) electrons. The van der Waals surface area contributed by atoms with Crippen LogP contribution in [0, 0.1) is 0 Å². The first-order valence-corrected chi connectivity index (χ1v) is 7.84. The van der Waals surface area contributed by atoms with Crippen molar-refractivity contribution in [1.29, 1.82) is 0 Å². The molecule has 2 aromatic rings. The maximum Gasteiger partial charge on any atom is 0.416 e. The zero-order chi connectivity index (χ0) is 18.0. The molecule has 0 amide bonds. The summed E-state index contributed by atoms with van der Waals surface area (Å²) in [5.41, 5.74) is 0.570. The number of nitrogens with zero attached hydrogens (tertiary/aromatic N) is 4. The van der Waals surface area contributed by atoms with Gasteiger partial charge in [0.15, 0.2) is 6.17 Å². The summed E-state index contributed by atoms with van der Waals surface area (Å²) in [5.74, 6) is 0. The van der Waals surface area contributed by atoms with Crippen LogP contribution in [-0.2, 0) is 6.18 Å². The van der Waals surface area contributed by atoms with Crippen LogP contribution in [0.2, 0.25) is 5.02 Å². The fourth-order valence-electron chi connectivity index (χ4n) is 2.15. The summed E-state index contributed by atoms with van der Waals surface area (Å²) in [4.78, 5) is 0. The molecule has 1 aliphatic heterocycles. The van der Waals surface area contributed by atoms with E-state index in [4.69, 9.17) is 23.8 Å². The number of halogens is 4. The highest BCUT2D eigenvalue weighted by atomic mass is 35.5. The maximum absolute atomic E-state index is 12.6. The Morgan fingerprint density at radius 2 is 1.72 bits per heavy atom. The van der Waals surface area contributed by atoms with Crippen LogP contribution < -0.4 is 0 Å². The van der Waals surface area contributed by atoms with Gasteiger partial charge in [0.05, 0.1) is 11.8 Å². The van der Waals surface area contributed by atoms with E-state index >= 15 is 0 Å². The zero-order valence-corrected chi connectivity index (χ0v) is 14.1. The van der Waals surface area contributed by atoms with Crippen LogP contribution in [0.25, 0.3) is 0 Å². The first kappa shape index (κ1) is 17.5. The predicted molar refractivity (Wildman–Crippen MR) is 92.5 cm³/mol. The molecule has 128 valence electrons. The van der Waals surface area contributed by atoms with Gasteiger partial charge < -0.3 is 0 Å². The quantitative estimate of drug-likeness (QED) is 0.523. The zero-order valence-electron chi connectivity index (χ0n) is 12.5. The minimum atomic E-state index is -4.37. The van der Waals surface area contributed by atoms with Crippen LogP contribution in [0.15, 0.2) is 63.9 Å². The number of benzene rings is 2. The molecule has 1 atom stereocenters. The summed E-state index contributed by atoms with van der Waals surface area (Å²) < 4.78 is 37.7. The second-order valence-electron chi connectivity index (χ2n) is 5.13.